The maximum absolute atomic E-state index is 5.51. The van der Waals surface area contributed by atoms with E-state index in [0.29, 0.717) is 17.6 Å². The Morgan fingerprint density at radius 2 is 0.783 bits per heavy atom. The van der Waals surface area contributed by atoms with E-state index in [2.05, 4.69) is 236 Å². The SMILES string of the molecule is CC1(C)CCC(C)(C)c2cc3c(cc21)c1cc2c(cc1n3-c1ccccc1)c1ccccc1n2-c1nc(-c2ccc3ccccc3c2)nc(-c2ccc3c4ccccc4n(-c4ccccc4)c3c2)n1. The second-order valence-electron chi connectivity index (χ2n) is 20.4. The normalized spacial score (nSPS) is 14.5. The predicted molar refractivity (Wildman–Crippen MR) is 287 cm³/mol. The van der Waals surface area contributed by atoms with Gasteiger partial charge in [-0.1, -0.05) is 149 Å². The Morgan fingerprint density at radius 3 is 1.46 bits per heavy atom. The highest BCUT2D eigenvalue weighted by molar-refractivity contribution is 6.19. The lowest BCUT2D eigenvalue weighted by Crippen LogP contribution is -2.33. The Labute approximate surface area is 399 Å². The molecule has 1 aliphatic rings. The standard InChI is InChI=1S/C63H48N6/c1-62(2)31-32-63(3,4)52-38-58-48(35-51(52)62)50-37-57-49(36-56(50)68(58)44-21-9-6-10-22-44)46-24-14-16-26-54(46)69(57)61-65-59(41-28-27-39-17-11-12-18-40(39)33-41)64-60(66-61)42-29-30-47-45-23-13-15-25-53(45)67(55(47)34-42)43-19-7-5-8-20-43/h5-30,33-38H,31-32H2,1-4H3. The lowest BCUT2D eigenvalue weighted by molar-refractivity contribution is 0.332. The average molecular weight is 889 g/mol. The Morgan fingerprint density at radius 1 is 0.333 bits per heavy atom. The molecule has 0 amide bonds. The summed E-state index contributed by atoms with van der Waals surface area (Å²) < 4.78 is 7.11. The quantitative estimate of drug-likeness (QED) is 0.173. The molecule has 0 fully saturated rings. The van der Waals surface area contributed by atoms with E-state index < -0.39 is 0 Å². The Kier molecular flexibility index (Phi) is 8.40. The molecule has 0 aliphatic heterocycles. The first-order valence-corrected chi connectivity index (χ1v) is 24.2. The second kappa shape index (κ2) is 14.6. The molecule has 0 atom stereocenters. The lowest BCUT2D eigenvalue weighted by atomic mass is 9.63. The molecule has 6 nitrogen and oxygen atoms in total. The first-order chi connectivity index (χ1) is 33.7. The highest BCUT2D eigenvalue weighted by Crippen LogP contribution is 2.49. The minimum Gasteiger partial charge on any atom is -0.309 e. The molecule has 6 heteroatoms. The van der Waals surface area contributed by atoms with Gasteiger partial charge in [0.2, 0.25) is 5.95 Å². The van der Waals surface area contributed by atoms with Crippen molar-refractivity contribution in [1.29, 1.82) is 0 Å². The van der Waals surface area contributed by atoms with Crippen molar-refractivity contribution >= 4 is 76.2 Å². The van der Waals surface area contributed by atoms with E-state index in [0.717, 1.165) is 73.6 Å². The lowest BCUT2D eigenvalue weighted by Gasteiger charge is -2.42. The van der Waals surface area contributed by atoms with Crippen LogP contribution in [0.3, 0.4) is 0 Å². The third kappa shape index (κ3) is 6.01. The summed E-state index contributed by atoms with van der Waals surface area (Å²) in [5, 5.41) is 9.43. The number of hydrogen-bond donors (Lipinski definition) is 0. The summed E-state index contributed by atoms with van der Waals surface area (Å²) in [5.74, 6) is 1.80. The van der Waals surface area contributed by atoms with E-state index in [1.165, 1.54) is 49.1 Å². The van der Waals surface area contributed by atoms with Gasteiger partial charge in [0.15, 0.2) is 11.6 Å². The molecule has 0 radical (unpaired) electrons. The van der Waals surface area contributed by atoms with Crippen LogP contribution in [-0.2, 0) is 10.8 Å². The van der Waals surface area contributed by atoms with Crippen molar-refractivity contribution in [3.8, 4) is 40.1 Å². The van der Waals surface area contributed by atoms with E-state index in [1.54, 1.807) is 0 Å². The van der Waals surface area contributed by atoms with Crippen LogP contribution in [0.15, 0.2) is 194 Å². The molecule has 0 saturated carbocycles. The number of benzene rings is 9. The van der Waals surface area contributed by atoms with Gasteiger partial charge in [0.1, 0.15) is 0 Å². The molecule has 69 heavy (non-hydrogen) atoms. The number of nitrogens with zero attached hydrogens (tertiary/aromatic N) is 6. The second-order valence-corrected chi connectivity index (χ2v) is 20.4. The molecule has 0 saturated heterocycles. The fraction of sp³-hybridized carbons (Fsp3) is 0.127. The Bertz CT molecular complexity index is 4240. The molecule has 0 bridgehead atoms. The molecular formula is C63H48N6. The van der Waals surface area contributed by atoms with Crippen molar-refractivity contribution in [3.63, 3.8) is 0 Å². The summed E-state index contributed by atoms with van der Waals surface area (Å²) in [6.07, 6.45) is 2.31. The van der Waals surface area contributed by atoms with Crippen LogP contribution in [0.4, 0.5) is 0 Å². The molecule has 4 heterocycles. The van der Waals surface area contributed by atoms with E-state index in [4.69, 9.17) is 15.0 Å². The van der Waals surface area contributed by atoms with E-state index in [1.807, 2.05) is 0 Å². The van der Waals surface area contributed by atoms with Crippen LogP contribution in [0.5, 0.6) is 0 Å². The maximum Gasteiger partial charge on any atom is 0.238 e. The van der Waals surface area contributed by atoms with Gasteiger partial charge in [-0.15, -0.1) is 0 Å². The van der Waals surface area contributed by atoms with Crippen LogP contribution in [0.2, 0.25) is 0 Å². The topological polar surface area (TPSA) is 53.5 Å². The maximum atomic E-state index is 5.51. The monoisotopic (exact) mass is 888 g/mol. The summed E-state index contributed by atoms with van der Waals surface area (Å²) in [6, 6.07) is 70.3. The fourth-order valence-electron chi connectivity index (χ4n) is 11.6. The minimum atomic E-state index is 0.0537. The van der Waals surface area contributed by atoms with Crippen LogP contribution >= 0.6 is 0 Å². The van der Waals surface area contributed by atoms with Crippen LogP contribution in [-0.4, -0.2) is 28.7 Å². The largest absolute Gasteiger partial charge is 0.309 e. The molecule has 9 aromatic carbocycles. The molecule has 0 unspecified atom stereocenters. The molecular weight excluding hydrogens is 841 g/mol. The predicted octanol–water partition coefficient (Wildman–Crippen LogP) is 16.0. The Balaban J connectivity index is 1.07. The van der Waals surface area contributed by atoms with Crippen molar-refractivity contribution in [1.82, 2.24) is 28.7 Å². The first kappa shape index (κ1) is 39.8. The molecule has 14 rings (SSSR count). The zero-order valence-electron chi connectivity index (χ0n) is 39.1. The molecule has 0 spiro atoms. The van der Waals surface area contributed by atoms with Crippen molar-refractivity contribution in [2.45, 2.75) is 51.4 Å². The summed E-state index contributed by atoms with van der Waals surface area (Å²) in [4.78, 5) is 16.3. The molecule has 4 aromatic heterocycles. The third-order valence-electron chi connectivity index (χ3n) is 15.3. The average Bonchev–Trinajstić information content (AvgIpc) is 4.01. The molecule has 1 aliphatic carbocycles. The summed E-state index contributed by atoms with van der Waals surface area (Å²) >= 11 is 0. The zero-order chi connectivity index (χ0) is 46.2. The minimum absolute atomic E-state index is 0.0537. The van der Waals surface area contributed by atoms with Crippen LogP contribution in [0, 0.1) is 0 Å². The van der Waals surface area contributed by atoms with Gasteiger partial charge in [-0.3, -0.25) is 4.57 Å². The van der Waals surface area contributed by atoms with Gasteiger partial charge in [-0.25, -0.2) is 4.98 Å². The van der Waals surface area contributed by atoms with E-state index >= 15 is 0 Å². The van der Waals surface area contributed by atoms with Crippen LogP contribution < -0.4 is 0 Å². The molecule has 0 N–H and O–H groups in total. The number of aromatic nitrogens is 6. The van der Waals surface area contributed by atoms with Crippen LogP contribution in [0.1, 0.15) is 51.7 Å². The third-order valence-corrected chi connectivity index (χ3v) is 15.3. The van der Waals surface area contributed by atoms with Crippen molar-refractivity contribution in [2.75, 3.05) is 0 Å². The van der Waals surface area contributed by atoms with Gasteiger partial charge in [0.25, 0.3) is 0 Å². The zero-order valence-corrected chi connectivity index (χ0v) is 39.1. The Hall–Kier alpha value is -8.35. The molecule has 330 valence electrons. The van der Waals surface area contributed by atoms with E-state index in [-0.39, 0.29) is 10.8 Å². The summed E-state index contributed by atoms with van der Waals surface area (Å²) in [5.41, 5.74) is 13.9. The highest BCUT2D eigenvalue weighted by atomic mass is 15.2. The fourth-order valence-corrected chi connectivity index (χ4v) is 11.6. The first-order valence-electron chi connectivity index (χ1n) is 24.2. The summed E-state index contributed by atoms with van der Waals surface area (Å²) in [6.45, 7) is 9.68. The van der Waals surface area contributed by atoms with Crippen molar-refractivity contribution in [2.24, 2.45) is 0 Å². The number of fused-ring (bicyclic) bond motifs is 11. The van der Waals surface area contributed by atoms with Crippen LogP contribution in [0.25, 0.3) is 116 Å². The number of para-hydroxylation sites is 4. The van der Waals surface area contributed by atoms with Gasteiger partial charge in [0.05, 0.1) is 33.1 Å². The number of rotatable bonds is 5. The van der Waals surface area contributed by atoms with Gasteiger partial charge >= 0.3 is 0 Å². The van der Waals surface area contributed by atoms with Gasteiger partial charge in [0, 0.05) is 54.8 Å². The van der Waals surface area contributed by atoms with Gasteiger partial charge in [-0.2, -0.15) is 9.97 Å². The van der Waals surface area contributed by atoms with Crippen molar-refractivity contribution in [3.05, 3.63) is 205 Å². The van der Waals surface area contributed by atoms with E-state index in [9.17, 15) is 0 Å². The van der Waals surface area contributed by atoms with Gasteiger partial charge < -0.3 is 9.13 Å². The highest BCUT2D eigenvalue weighted by Gasteiger charge is 2.38. The summed E-state index contributed by atoms with van der Waals surface area (Å²) in [7, 11) is 0. The van der Waals surface area contributed by atoms with Crippen molar-refractivity contribution < 1.29 is 0 Å². The number of hydrogen-bond acceptors (Lipinski definition) is 3. The van der Waals surface area contributed by atoms with Gasteiger partial charge in [-0.05, 0) is 118 Å². The smallest absolute Gasteiger partial charge is 0.238 e. The molecule has 13 aromatic rings.